The van der Waals surface area contributed by atoms with Crippen molar-refractivity contribution < 1.29 is 42.3 Å². The van der Waals surface area contributed by atoms with Crippen molar-refractivity contribution in [2.45, 2.75) is 90.3 Å². The van der Waals surface area contributed by atoms with E-state index in [2.05, 4.69) is 52.4 Å². The molecule has 3 aliphatic heterocycles. The van der Waals surface area contributed by atoms with Gasteiger partial charge in [0.05, 0.1) is 58.2 Å². The van der Waals surface area contributed by atoms with E-state index in [0.29, 0.717) is 23.0 Å². The minimum atomic E-state index is -3.18. The first-order chi connectivity index (χ1) is 40.8. The lowest BCUT2D eigenvalue weighted by atomic mass is 9.79. The molecule has 0 unspecified atom stereocenters. The molecule has 20 heteroatoms. The number of esters is 2. The van der Waals surface area contributed by atoms with E-state index in [1.807, 2.05) is 123 Å². The van der Waals surface area contributed by atoms with Crippen LogP contribution in [0.25, 0.3) is 27.6 Å². The van der Waals surface area contributed by atoms with E-state index in [1.165, 1.54) is 21.3 Å². The number of carbonyl (C=O) groups excluding carboxylic acids is 5. The number of Topliss-reactive ketones (excluding diaryl/α,β-unsaturated/α-hetero) is 1. The number of aromatic nitrogens is 4. The number of rotatable bonds is 20. The Kier molecular flexibility index (Phi) is 18.1. The average Bonchev–Trinajstić information content (AvgIpc) is 0.783. The van der Waals surface area contributed by atoms with Crippen LogP contribution in [0, 0.1) is 11.8 Å². The fourth-order valence-corrected chi connectivity index (χ4v) is 19.5. The van der Waals surface area contributed by atoms with Crippen molar-refractivity contribution in [2.75, 3.05) is 13.2 Å². The molecular weight excluding hydrogens is 1140 g/mol. The van der Waals surface area contributed by atoms with Crippen molar-refractivity contribution in [1.82, 2.24) is 28.1 Å². The van der Waals surface area contributed by atoms with Gasteiger partial charge in [-0.05, 0) is 117 Å². The van der Waals surface area contributed by atoms with Gasteiger partial charge in [-0.1, -0.05) is 122 Å². The van der Waals surface area contributed by atoms with E-state index in [1.54, 1.807) is 65.3 Å². The number of hydrogen-bond acceptors (Lipinski definition) is 11. The molecule has 6 atom stereocenters. The van der Waals surface area contributed by atoms with E-state index in [-0.39, 0.29) is 77.8 Å². The Labute approximate surface area is 504 Å². The van der Waals surface area contributed by atoms with E-state index in [0.717, 1.165) is 38.1 Å². The smallest absolute Gasteiger partial charge is 0.356 e. The maximum atomic E-state index is 14.9. The summed E-state index contributed by atoms with van der Waals surface area (Å²) in [6.07, 6.45) is 2.69. The highest BCUT2D eigenvalue weighted by molar-refractivity contribution is 7.96. The second kappa shape index (κ2) is 24.8. The molecule has 450 valence electrons. The number of amides is 2. The van der Waals surface area contributed by atoms with Gasteiger partial charge in [-0.15, -0.1) is 0 Å². The zero-order valence-electron chi connectivity index (χ0n) is 51.1. The van der Waals surface area contributed by atoms with Crippen LogP contribution in [0.1, 0.15) is 42.6 Å². The van der Waals surface area contributed by atoms with Gasteiger partial charge in [-0.2, -0.15) is 0 Å². The van der Waals surface area contributed by atoms with E-state index in [4.69, 9.17) is 18.3 Å². The van der Waals surface area contributed by atoms with Gasteiger partial charge in [0.15, 0.2) is 22.4 Å². The molecule has 0 bridgehead atoms. The third-order valence-electron chi connectivity index (χ3n) is 16.2. The van der Waals surface area contributed by atoms with Crippen LogP contribution < -0.4 is 27.3 Å². The van der Waals surface area contributed by atoms with Crippen molar-refractivity contribution in [3.8, 4) is 0 Å². The minimum absolute atomic E-state index is 0.0626. The second-order valence-electron chi connectivity index (χ2n) is 24.1. The molecular formula is C66H77N6O11PSi2. The molecule has 2 saturated heterocycles. The summed E-state index contributed by atoms with van der Waals surface area (Å²) in [7, 11) is 2.83. The van der Waals surface area contributed by atoms with Gasteiger partial charge in [0, 0.05) is 47.1 Å². The number of likely N-dealkylation sites (tertiary alicyclic amines) is 1. The Morgan fingerprint density at radius 1 is 0.593 bits per heavy atom. The lowest BCUT2D eigenvalue weighted by Crippen LogP contribution is -2.69. The molecule has 86 heavy (non-hydrogen) atoms. The average molecular weight is 1220 g/mol. The number of carbonyl (C=O) groups is 5. The molecule has 17 nitrogen and oxygen atoms in total. The van der Waals surface area contributed by atoms with Gasteiger partial charge in [0.25, 0.3) is 0 Å². The first-order valence-corrected chi connectivity index (χ1v) is 37.5. The van der Waals surface area contributed by atoms with Gasteiger partial charge >= 0.3 is 23.3 Å². The number of hydrogen-bond donors (Lipinski definition) is 0. The number of β-lactam (4-membered cyclic amide) rings is 2. The summed E-state index contributed by atoms with van der Waals surface area (Å²) in [6, 6.07) is 39.3. The maximum absolute atomic E-state index is 14.9. The van der Waals surface area contributed by atoms with Crippen LogP contribution in [-0.2, 0) is 65.7 Å². The first kappa shape index (κ1) is 62.6. The number of imidazole rings is 2. The van der Waals surface area contributed by atoms with Gasteiger partial charge in [0.1, 0.15) is 24.3 Å². The predicted octanol–water partition coefficient (Wildman–Crippen LogP) is 8.16. The van der Waals surface area contributed by atoms with E-state index < -0.39 is 53.5 Å². The molecule has 5 aromatic carbocycles. The molecule has 0 spiro atoms. The summed E-state index contributed by atoms with van der Waals surface area (Å²) in [5.41, 5.74) is 5.01. The number of nitrogens with zero attached hydrogens (tertiary/aromatic N) is 6. The van der Waals surface area contributed by atoms with Gasteiger partial charge in [-0.3, -0.25) is 32.7 Å². The summed E-state index contributed by atoms with van der Waals surface area (Å²) >= 11 is 0. The van der Waals surface area contributed by atoms with Crippen molar-refractivity contribution in [2.24, 2.45) is 40.0 Å². The summed E-state index contributed by atoms with van der Waals surface area (Å²) in [4.78, 5) is 98.6. The molecule has 7 aromatic rings. The SMILES string of the molecule is C=CCOC(=O)C(N1C(=O)[C@H]([C@@H](C)O[Si](C)(C)C)[C@H]1CC(=O)c1ccc2c(c1)n(C)c(=O)n2C)=P(c1ccccc1)(c1ccccc1)c1ccccc1.C=CCOC(=O)C1=C(c2ccc3c(c2)n(C)c(=O)n3C)C[C@@H]2[C@@H]([C@@H](C)O[Si](C)(C)C)C(=O)N12. The van der Waals surface area contributed by atoms with Crippen LogP contribution in [0.2, 0.25) is 39.3 Å². The standard InChI is InChI=1S/C42H46N3O6PSi.C24H31N3O5Si/c1-8-26-50-41(48)40(52(31-18-12-9-13-19-31,32-20-14-10-15-21-32)33-22-16-11-17-23-33)45-36(38(39(45)47)29(2)51-53(5,6)7)28-37(46)30-24-25-34-35(27-30)44(4)42(49)43(34)3;1-8-11-31-23(29)21-16(15-9-10-17-18(12-15)26(4)24(30)25(17)3)13-19-20(22(28)27(19)21)14(2)32-33(5,6)7/h8-25,27,29,36,38H,1,26,28H2,2-7H3;8-10,12,14,19-20H,1,11,13H2,2-7H3/t29-,36-,38-;14-,19-,20-/m11/s1. The van der Waals surface area contributed by atoms with E-state index >= 15 is 0 Å². The molecule has 10 rings (SSSR count). The number of fused-ring (bicyclic) bond motifs is 3. The summed E-state index contributed by atoms with van der Waals surface area (Å²) < 4.78 is 30.2. The van der Waals surface area contributed by atoms with Crippen molar-refractivity contribution >= 4 is 102 Å². The summed E-state index contributed by atoms with van der Waals surface area (Å²) in [5.74, 6) is -2.84. The van der Waals surface area contributed by atoms with Crippen LogP contribution in [0.3, 0.4) is 0 Å². The molecule has 3 aliphatic rings. The Morgan fingerprint density at radius 3 is 1.53 bits per heavy atom. The number of aryl methyl sites for hydroxylation is 4. The Balaban J connectivity index is 0.000000229. The molecule has 2 aromatic heterocycles. The van der Waals surface area contributed by atoms with Crippen LogP contribution in [-0.4, -0.2) is 117 Å². The zero-order chi connectivity index (χ0) is 62.3. The maximum Gasteiger partial charge on any atom is 0.356 e. The summed E-state index contributed by atoms with van der Waals surface area (Å²) in [6.45, 7) is 20.5. The highest BCUT2D eigenvalue weighted by atomic mass is 31.2. The fourth-order valence-electron chi connectivity index (χ4n) is 12.6. The molecule has 0 N–H and O–H groups in total. The second-order valence-corrected chi connectivity index (χ2v) is 36.4. The monoisotopic (exact) mass is 1220 g/mol. The zero-order valence-corrected chi connectivity index (χ0v) is 54.0. The lowest BCUT2D eigenvalue weighted by Gasteiger charge is -2.52. The fraction of sp³-hybridized carbons (Fsp3) is 0.333. The van der Waals surface area contributed by atoms with Crippen LogP contribution in [0.15, 0.2) is 168 Å². The van der Waals surface area contributed by atoms with Gasteiger partial charge < -0.3 is 28.1 Å². The number of ketones is 1. The highest BCUT2D eigenvalue weighted by Gasteiger charge is 2.59. The van der Waals surface area contributed by atoms with Crippen LogP contribution >= 0.6 is 6.89 Å². The highest BCUT2D eigenvalue weighted by Crippen LogP contribution is 2.51. The molecule has 0 radical (unpaired) electrons. The van der Waals surface area contributed by atoms with Gasteiger partial charge in [-0.25, -0.2) is 19.2 Å². The predicted molar refractivity (Wildman–Crippen MR) is 345 cm³/mol. The molecule has 2 fully saturated rings. The molecule has 2 amide bonds. The van der Waals surface area contributed by atoms with Crippen LogP contribution in [0.4, 0.5) is 0 Å². The molecule has 0 aliphatic carbocycles. The third kappa shape index (κ3) is 11.6. The molecule has 0 saturated carbocycles. The lowest BCUT2D eigenvalue weighted by molar-refractivity contribution is -0.161. The Bertz CT molecular complexity index is 3940. The summed E-state index contributed by atoms with van der Waals surface area (Å²) in [5, 5.41) is 2.56. The topological polar surface area (TPSA) is 183 Å². The van der Waals surface area contributed by atoms with E-state index in [9.17, 15) is 33.6 Å². The molecule has 5 heterocycles. The minimum Gasteiger partial charge on any atom is -0.457 e. The van der Waals surface area contributed by atoms with Crippen molar-refractivity contribution in [3.05, 3.63) is 190 Å². The van der Waals surface area contributed by atoms with Crippen molar-refractivity contribution in [3.63, 3.8) is 0 Å². The number of ether oxygens (including phenoxy) is 2. The van der Waals surface area contributed by atoms with Crippen molar-refractivity contribution in [1.29, 1.82) is 0 Å². The Hall–Kier alpha value is -7.94. The number of benzene rings is 5. The Morgan fingerprint density at radius 2 is 1.05 bits per heavy atom. The normalized spacial score (nSPS) is 18.4. The van der Waals surface area contributed by atoms with Gasteiger partial charge in [0.2, 0.25) is 11.8 Å². The quantitative estimate of drug-likeness (QED) is 0.0179. The largest absolute Gasteiger partial charge is 0.457 e. The van der Waals surface area contributed by atoms with Crippen LogP contribution in [0.5, 0.6) is 0 Å². The third-order valence-corrected chi connectivity index (χ3v) is 22.6. The first-order valence-electron chi connectivity index (χ1n) is 28.9.